The van der Waals surface area contributed by atoms with Crippen LogP contribution in [0.5, 0.6) is 5.88 Å². The molecule has 0 fully saturated rings. The van der Waals surface area contributed by atoms with Gasteiger partial charge >= 0.3 is 0 Å². The highest BCUT2D eigenvalue weighted by molar-refractivity contribution is 5.63. The predicted molar refractivity (Wildman–Crippen MR) is 76.0 cm³/mol. The van der Waals surface area contributed by atoms with Gasteiger partial charge in [0.2, 0.25) is 5.88 Å². The van der Waals surface area contributed by atoms with Crippen LogP contribution in [0, 0.1) is 0 Å². The molecule has 4 heteroatoms. The summed E-state index contributed by atoms with van der Waals surface area (Å²) in [5.41, 5.74) is 3.33. The first-order chi connectivity index (χ1) is 9.33. The SMILES string of the molecule is CCCNCc1cncc(-c2ccnc(OC)c2)c1. The highest BCUT2D eigenvalue weighted by atomic mass is 16.5. The molecule has 4 nitrogen and oxygen atoms in total. The van der Waals surface area contributed by atoms with Crippen LogP contribution in [-0.4, -0.2) is 23.6 Å². The number of ether oxygens (including phenoxy) is 1. The molecule has 1 N–H and O–H groups in total. The normalized spacial score (nSPS) is 10.4. The maximum atomic E-state index is 5.14. The third kappa shape index (κ3) is 3.76. The third-order valence-corrected chi connectivity index (χ3v) is 2.83. The highest BCUT2D eigenvalue weighted by Gasteiger charge is 2.02. The monoisotopic (exact) mass is 257 g/mol. The van der Waals surface area contributed by atoms with E-state index in [9.17, 15) is 0 Å². The van der Waals surface area contributed by atoms with E-state index in [1.807, 2.05) is 24.5 Å². The zero-order valence-electron chi connectivity index (χ0n) is 11.4. The molecule has 0 amide bonds. The molecule has 2 heterocycles. The van der Waals surface area contributed by atoms with E-state index in [1.165, 1.54) is 5.56 Å². The second kappa shape index (κ2) is 6.85. The van der Waals surface area contributed by atoms with Gasteiger partial charge in [0.05, 0.1) is 7.11 Å². The fourth-order valence-corrected chi connectivity index (χ4v) is 1.85. The Kier molecular flexibility index (Phi) is 4.86. The molecule has 0 saturated heterocycles. The van der Waals surface area contributed by atoms with Crippen LogP contribution in [0.3, 0.4) is 0 Å². The van der Waals surface area contributed by atoms with Gasteiger partial charge in [0.25, 0.3) is 0 Å². The van der Waals surface area contributed by atoms with Crippen molar-refractivity contribution in [3.8, 4) is 17.0 Å². The number of hydrogen-bond donors (Lipinski definition) is 1. The lowest BCUT2D eigenvalue weighted by Crippen LogP contribution is -2.13. The van der Waals surface area contributed by atoms with Gasteiger partial charge in [-0.1, -0.05) is 6.92 Å². The van der Waals surface area contributed by atoms with Crippen LogP contribution in [-0.2, 0) is 6.54 Å². The van der Waals surface area contributed by atoms with Gasteiger partial charge in [0.1, 0.15) is 0 Å². The van der Waals surface area contributed by atoms with E-state index in [2.05, 4.69) is 28.3 Å². The van der Waals surface area contributed by atoms with Crippen molar-refractivity contribution in [3.63, 3.8) is 0 Å². The summed E-state index contributed by atoms with van der Waals surface area (Å²) in [6.45, 7) is 4.02. The van der Waals surface area contributed by atoms with Crippen LogP contribution in [0.25, 0.3) is 11.1 Å². The molecule has 2 aromatic rings. The molecular weight excluding hydrogens is 238 g/mol. The van der Waals surface area contributed by atoms with Crippen molar-refractivity contribution in [1.82, 2.24) is 15.3 Å². The number of nitrogens with one attached hydrogen (secondary N) is 1. The number of aromatic nitrogens is 2. The third-order valence-electron chi connectivity index (χ3n) is 2.83. The minimum atomic E-state index is 0.618. The summed E-state index contributed by atoms with van der Waals surface area (Å²) in [6, 6.07) is 6.02. The Labute approximate surface area is 113 Å². The standard InChI is InChI=1S/C15H19N3O/c1-3-5-16-9-12-7-14(11-17-10-12)13-4-6-18-15(8-13)19-2/h4,6-8,10-11,16H,3,5,9H2,1-2H3. The van der Waals surface area contributed by atoms with Gasteiger partial charge in [-0.25, -0.2) is 4.98 Å². The van der Waals surface area contributed by atoms with Gasteiger partial charge in [-0.2, -0.15) is 0 Å². The first-order valence-electron chi connectivity index (χ1n) is 6.48. The van der Waals surface area contributed by atoms with Crippen molar-refractivity contribution in [2.75, 3.05) is 13.7 Å². The van der Waals surface area contributed by atoms with Gasteiger partial charge in [0.15, 0.2) is 0 Å². The van der Waals surface area contributed by atoms with E-state index >= 15 is 0 Å². The van der Waals surface area contributed by atoms with E-state index in [4.69, 9.17) is 4.74 Å². The summed E-state index contributed by atoms with van der Waals surface area (Å²) < 4.78 is 5.14. The maximum Gasteiger partial charge on any atom is 0.213 e. The molecule has 0 bridgehead atoms. The van der Waals surface area contributed by atoms with Crippen molar-refractivity contribution < 1.29 is 4.74 Å². The Morgan fingerprint density at radius 1 is 1.21 bits per heavy atom. The summed E-state index contributed by atoms with van der Waals surface area (Å²) in [5.74, 6) is 0.618. The zero-order chi connectivity index (χ0) is 13.5. The average Bonchev–Trinajstić information content (AvgIpc) is 2.48. The number of rotatable bonds is 6. The summed E-state index contributed by atoms with van der Waals surface area (Å²) in [7, 11) is 1.62. The van der Waals surface area contributed by atoms with Crippen LogP contribution < -0.4 is 10.1 Å². The molecule has 2 rings (SSSR count). The largest absolute Gasteiger partial charge is 0.481 e. The Morgan fingerprint density at radius 3 is 2.89 bits per heavy atom. The fraction of sp³-hybridized carbons (Fsp3) is 0.333. The summed E-state index contributed by atoms with van der Waals surface area (Å²) in [5, 5.41) is 3.38. The molecule has 0 aliphatic heterocycles. The molecule has 0 atom stereocenters. The van der Waals surface area contributed by atoms with Gasteiger partial charge < -0.3 is 10.1 Å². The molecule has 0 aromatic carbocycles. The Hall–Kier alpha value is -1.94. The maximum absolute atomic E-state index is 5.14. The van der Waals surface area contributed by atoms with Crippen molar-refractivity contribution in [3.05, 3.63) is 42.4 Å². The van der Waals surface area contributed by atoms with Crippen molar-refractivity contribution >= 4 is 0 Å². The zero-order valence-corrected chi connectivity index (χ0v) is 11.4. The van der Waals surface area contributed by atoms with Crippen LogP contribution in [0.4, 0.5) is 0 Å². The van der Waals surface area contributed by atoms with Crippen LogP contribution in [0.2, 0.25) is 0 Å². The average molecular weight is 257 g/mol. The van der Waals surface area contributed by atoms with Crippen LogP contribution >= 0.6 is 0 Å². The summed E-state index contributed by atoms with van der Waals surface area (Å²) in [6.07, 6.45) is 6.63. The molecule has 0 radical (unpaired) electrons. The van der Waals surface area contributed by atoms with Crippen molar-refractivity contribution in [2.24, 2.45) is 0 Å². The quantitative estimate of drug-likeness (QED) is 0.808. The predicted octanol–water partition coefficient (Wildman–Crippen LogP) is 2.65. The second-order valence-electron chi connectivity index (χ2n) is 4.35. The molecule has 0 spiro atoms. The van der Waals surface area contributed by atoms with Gasteiger partial charge in [-0.3, -0.25) is 4.98 Å². The van der Waals surface area contributed by atoms with Crippen molar-refractivity contribution in [2.45, 2.75) is 19.9 Å². The molecule has 2 aromatic heterocycles. The minimum absolute atomic E-state index is 0.618. The summed E-state index contributed by atoms with van der Waals surface area (Å²) in [4.78, 5) is 8.41. The van der Waals surface area contributed by atoms with E-state index in [-0.39, 0.29) is 0 Å². The van der Waals surface area contributed by atoms with Gasteiger partial charge in [0, 0.05) is 36.8 Å². The van der Waals surface area contributed by atoms with E-state index in [0.29, 0.717) is 5.88 Å². The molecule has 0 unspecified atom stereocenters. The lowest BCUT2D eigenvalue weighted by molar-refractivity contribution is 0.398. The number of methoxy groups -OCH3 is 1. The molecular formula is C15H19N3O. The lowest BCUT2D eigenvalue weighted by atomic mass is 10.1. The molecule has 0 aliphatic rings. The van der Waals surface area contributed by atoms with E-state index in [0.717, 1.165) is 30.6 Å². The topological polar surface area (TPSA) is 47.0 Å². The number of hydrogen-bond acceptors (Lipinski definition) is 4. The van der Waals surface area contributed by atoms with Crippen LogP contribution in [0.1, 0.15) is 18.9 Å². The molecule has 19 heavy (non-hydrogen) atoms. The molecule has 0 saturated carbocycles. The van der Waals surface area contributed by atoms with Gasteiger partial charge in [-0.15, -0.1) is 0 Å². The Morgan fingerprint density at radius 2 is 2.11 bits per heavy atom. The number of pyridine rings is 2. The minimum Gasteiger partial charge on any atom is -0.481 e. The highest BCUT2D eigenvalue weighted by Crippen LogP contribution is 2.22. The lowest BCUT2D eigenvalue weighted by Gasteiger charge is -2.07. The Balaban J connectivity index is 2.17. The van der Waals surface area contributed by atoms with Crippen molar-refractivity contribution in [1.29, 1.82) is 0 Å². The first kappa shape index (κ1) is 13.5. The molecule has 0 aliphatic carbocycles. The second-order valence-corrected chi connectivity index (χ2v) is 4.35. The molecule has 100 valence electrons. The fourth-order valence-electron chi connectivity index (χ4n) is 1.85. The van der Waals surface area contributed by atoms with E-state index in [1.54, 1.807) is 13.3 Å². The number of nitrogens with zero attached hydrogens (tertiary/aromatic N) is 2. The summed E-state index contributed by atoms with van der Waals surface area (Å²) >= 11 is 0. The van der Waals surface area contributed by atoms with E-state index < -0.39 is 0 Å². The smallest absolute Gasteiger partial charge is 0.213 e. The van der Waals surface area contributed by atoms with Gasteiger partial charge in [-0.05, 0) is 36.2 Å². The van der Waals surface area contributed by atoms with Crippen LogP contribution in [0.15, 0.2) is 36.8 Å². The first-order valence-corrected chi connectivity index (χ1v) is 6.48. The Bertz CT molecular complexity index is 528.